The van der Waals surface area contributed by atoms with Crippen molar-refractivity contribution in [1.29, 1.82) is 0 Å². The van der Waals surface area contributed by atoms with Crippen molar-refractivity contribution in [2.24, 2.45) is 5.92 Å². The summed E-state index contributed by atoms with van der Waals surface area (Å²) in [4.78, 5) is 13.9. The number of thiophene rings is 1. The summed E-state index contributed by atoms with van der Waals surface area (Å²) >= 11 is 1.83. The highest BCUT2D eigenvalue weighted by Gasteiger charge is 2.28. The van der Waals surface area contributed by atoms with Crippen LogP contribution in [-0.4, -0.2) is 18.5 Å². The molecule has 1 fully saturated rings. The van der Waals surface area contributed by atoms with Gasteiger partial charge in [-0.3, -0.25) is 4.79 Å². The van der Waals surface area contributed by atoms with Gasteiger partial charge in [0.25, 0.3) is 0 Å². The van der Waals surface area contributed by atoms with Gasteiger partial charge < -0.3 is 10.6 Å². The van der Waals surface area contributed by atoms with E-state index in [1.807, 2.05) is 11.3 Å². The van der Waals surface area contributed by atoms with Crippen molar-refractivity contribution in [2.45, 2.75) is 51.1 Å². The number of hydrogen-bond acceptors (Lipinski definition) is 3. The number of amides is 1. The third-order valence-corrected chi connectivity index (χ3v) is 5.36. The summed E-state index contributed by atoms with van der Waals surface area (Å²) in [5, 5.41) is 8.85. The van der Waals surface area contributed by atoms with Crippen LogP contribution in [0.4, 0.5) is 0 Å². The molecule has 1 aliphatic heterocycles. The Morgan fingerprint density at radius 1 is 1.47 bits per heavy atom. The predicted octanol–water partition coefficient (Wildman–Crippen LogP) is 2.63. The maximum absolute atomic E-state index is 12.4. The molecule has 2 N–H and O–H groups in total. The summed E-state index contributed by atoms with van der Waals surface area (Å²) in [5.74, 6) is 0.456. The molecule has 104 valence electrons. The number of aryl methyl sites for hydroxylation is 1. The van der Waals surface area contributed by atoms with Crippen LogP contribution in [0.5, 0.6) is 0 Å². The zero-order valence-electron chi connectivity index (χ0n) is 11.4. The molecule has 0 spiro atoms. The van der Waals surface area contributed by atoms with E-state index in [4.69, 9.17) is 0 Å². The minimum absolute atomic E-state index is 0.195. The van der Waals surface area contributed by atoms with Crippen LogP contribution in [0, 0.1) is 5.92 Å². The zero-order valence-corrected chi connectivity index (χ0v) is 12.3. The highest BCUT2D eigenvalue weighted by molar-refractivity contribution is 7.10. The van der Waals surface area contributed by atoms with Crippen molar-refractivity contribution in [3.8, 4) is 0 Å². The number of hydrogen-bond donors (Lipinski definition) is 2. The lowest BCUT2D eigenvalue weighted by Crippen LogP contribution is -2.43. The molecule has 3 unspecified atom stereocenters. The van der Waals surface area contributed by atoms with Crippen LogP contribution < -0.4 is 10.6 Å². The van der Waals surface area contributed by atoms with E-state index in [0.717, 1.165) is 25.8 Å². The Morgan fingerprint density at radius 2 is 2.37 bits per heavy atom. The van der Waals surface area contributed by atoms with Crippen LogP contribution in [0.3, 0.4) is 0 Å². The van der Waals surface area contributed by atoms with Crippen LogP contribution in [0.2, 0.25) is 0 Å². The lowest BCUT2D eigenvalue weighted by molar-refractivity contribution is -0.126. The number of carbonyl (C=O) groups is 1. The van der Waals surface area contributed by atoms with Gasteiger partial charge in [0, 0.05) is 16.8 Å². The fourth-order valence-electron chi connectivity index (χ4n) is 3.30. The van der Waals surface area contributed by atoms with E-state index in [9.17, 15) is 4.79 Å². The van der Waals surface area contributed by atoms with Crippen molar-refractivity contribution in [3.05, 3.63) is 21.9 Å². The number of fused-ring (bicyclic) bond motifs is 1. The quantitative estimate of drug-likeness (QED) is 0.873. The molecule has 0 bridgehead atoms. The van der Waals surface area contributed by atoms with Crippen molar-refractivity contribution in [2.75, 3.05) is 6.54 Å². The lowest BCUT2D eigenvalue weighted by atomic mass is 9.90. The van der Waals surface area contributed by atoms with Crippen molar-refractivity contribution >= 4 is 17.2 Å². The molecule has 0 radical (unpaired) electrons. The summed E-state index contributed by atoms with van der Waals surface area (Å²) in [6, 6.07) is 2.91. The molecule has 2 aliphatic rings. The van der Waals surface area contributed by atoms with Crippen LogP contribution in [0.1, 0.15) is 49.1 Å². The molecule has 3 atom stereocenters. The monoisotopic (exact) mass is 278 g/mol. The minimum atomic E-state index is 0.195. The molecule has 4 heteroatoms. The number of piperidine rings is 1. The van der Waals surface area contributed by atoms with Gasteiger partial charge in [-0.25, -0.2) is 0 Å². The molecular formula is C15H22N2OS. The summed E-state index contributed by atoms with van der Waals surface area (Å²) in [6.45, 7) is 3.13. The number of nitrogens with one attached hydrogen (secondary N) is 2. The first-order valence-corrected chi connectivity index (χ1v) is 8.22. The average Bonchev–Trinajstić information content (AvgIpc) is 2.88. The summed E-state index contributed by atoms with van der Waals surface area (Å²) in [6.07, 6.45) is 5.41. The van der Waals surface area contributed by atoms with E-state index < -0.39 is 0 Å². The van der Waals surface area contributed by atoms with Gasteiger partial charge in [-0.15, -0.1) is 11.3 Å². The van der Waals surface area contributed by atoms with Gasteiger partial charge in [0.1, 0.15) is 0 Å². The van der Waals surface area contributed by atoms with E-state index in [2.05, 4.69) is 29.0 Å². The van der Waals surface area contributed by atoms with Gasteiger partial charge in [-0.05, 0) is 62.6 Å². The van der Waals surface area contributed by atoms with E-state index in [-0.39, 0.29) is 17.9 Å². The second-order valence-electron chi connectivity index (χ2n) is 5.83. The lowest BCUT2D eigenvalue weighted by Gasteiger charge is -2.30. The van der Waals surface area contributed by atoms with Crippen molar-refractivity contribution in [1.82, 2.24) is 10.6 Å². The second kappa shape index (κ2) is 5.63. The first kappa shape index (κ1) is 13.1. The summed E-state index contributed by atoms with van der Waals surface area (Å²) in [5.41, 5.74) is 1.37. The first-order chi connectivity index (χ1) is 9.24. The molecule has 3 nitrogen and oxygen atoms in total. The fourth-order valence-corrected chi connectivity index (χ4v) is 4.28. The molecule has 1 aromatic rings. The van der Waals surface area contributed by atoms with Crippen LogP contribution in [0.25, 0.3) is 0 Å². The molecule has 2 heterocycles. The minimum Gasteiger partial charge on any atom is -0.349 e. The third kappa shape index (κ3) is 2.84. The van der Waals surface area contributed by atoms with E-state index in [1.165, 1.54) is 23.3 Å². The Kier molecular flexibility index (Phi) is 3.89. The van der Waals surface area contributed by atoms with Gasteiger partial charge >= 0.3 is 0 Å². The van der Waals surface area contributed by atoms with Gasteiger partial charge in [-0.2, -0.15) is 0 Å². The topological polar surface area (TPSA) is 41.1 Å². The zero-order chi connectivity index (χ0) is 13.2. The van der Waals surface area contributed by atoms with Crippen LogP contribution in [0.15, 0.2) is 11.4 Å². The summed E-state index contributed by atoms with van der Waals surface area (Å²) < 4.78 is 0. The highest BCUT2D eigenvalue weighted by Crippen LogP contribution is 2.33. The molecule has 1 saturated heterocycles. The van der Waals surface area contributed by atoms with E-state index in [0.29, 0.717) is 6.04 Å². The second-order valence-corrected chi connectivity index (χ2v) is 6.83. The van der Waals surface area contributed by atoms with Crippen molar-refractivity contribution < 1.29 is 4.79 Å². The molecule has 0 saturated carbocycles. The van der Waals surface area contributed by atoms with Gasteiger partial charge in [0.15, 0.2) is 0 Å². The average molecular weight is 278 g/mol. The first-order valence-electron chi connectivity index (χ1n) is 7.34. The van der Waals surface area contributed by atoms with Gasteiger partial charge in [0.05, 0.1) is 6.04 Å². The molecule has 1 amide bonds. The Hall–Kier alpha value is -0.870. The Balaban J connectivity index is 1.64. The third-order valence-electron chi connectivity index (χ3n) is 4.36. The largest absolute Gasteiger partial charge is 0.349 e. The molecule has 19 heavy (non-hydrogen) atoms. The Bertz CT molecular complexity index is 457. The van der Waals surface area contributed by atoms with Crippen LogP contribution in [-0.2, 0) is 11.2 Å². The van der Waals surface area contributed by atoms with E-state index >= 15 is 0 Å². The Labute approximate surface area is 118 Å². The maximum Gasteiger partial charge on any atom is 0.223 e. The highest BCUT2D eigenvalue weighted by atomic mass is 32.1. The normalized spacial score (nSPS) is 30.7. The molecule has 1 aliphatic carbocycles. The number of carbonyl (C=O) groups excluding carboxylic acids is 1. The maximum atomic E-state index is 12.4. The van der Waals surface area contributed by atoms with Gasteiger partial charge in [0.2, 0.25) is 5.91 Å². The standard InChI is InChI=1S/C15H22N2OS/c1-10-9-11(5-7-16-10)15(18)17-13-3-2-4-14-12(13)6-8-19-14/h6,8,10-11,13,16H,2-5,7,9H2,1H3,(H,17,18). The molecule has 3 rings (SSSR count). The van der Waals surface area contributed by atoms with Gasteiger partial charge in [-0.1, -0.05) is 0 Å². The molecule has 1 aromatic heterocycles. The summed E-state index contributed by atoms with van der Waals surface area (Å²) in [7, 11) is 0. The molecule has 0 aromatic carbocycles. The Morgan fingerprint density at radius 3 is 3.21 bits per heavy atom. The van der Waals surface area contributed by atoms with Crippen molar-refractivity contribution in [3.63, 3.8) is 0 Å². The fraction of sp³-hybridized carbons (Fsp3) is 0.667. The number of rotatable bonds is 2. The smallest absolute Gasteiger partial charge is 0.223 e. The molecular weight excluding hydrogens is 256 g/mol. The van der Waals surface area contributed by atoms with Crippen LogP contribution >= 0.6 is 11.3 Å². The predicted molar refractivity (Wildman–Crippen MR) is 78.3 cm³/mol. The van der Waals surface area contributed by atoms with E-state index in [1.54, 1.807) is 0 Å². The SMILES string of the molecule is CC1CC(C(=O)NC2CCCc3sccc32)CCN1.